The van der Waals surface area contributed by atoms with E-state index in [9.17, 15) is 19.0 Å². The Morgan fingerprint density at radius 2 is 0.980 bits per heavy atom. The largest absolute Gasteiger partial charge is 0.472 e. The number of unbranched alkanes of at least 4 members (excludes halogenated alkanes) is 21. The van der Waals surface area contributed by atoms with Gasteiger partial charge in [-0.15, -0.1) is 0 Å². The molecular weight excluding hydrogens is 653 g/mol. The molecule has 0 heterocycles. The van der Waals surface area contributed by atoms with Crippen LogP contribution >= 0.6 is 7.82 Å². The van der Waals surface area contributed by atoms with Crippen LogP contribution in [0.25, 0.3) is 0 Å². The second-order valence-corrected chi connectivity index (χ2v) is 14.9. The standard InChI is InChI=1S/C40H76NO8P/c1-3-5-7-9-11-13-15-17-19-21-22-24-26-28-30-32-39(42)46-36-38(37-48-50(44,45)47-35-34-41)49-40(43)33-31-29-27-25-23-20-18-16-14-12-10-8-6-4-2/h16,18,21-22,38H,3-15,17,19-20,23-37,41H2,1-2H3,(H,44,45)/b18-16+,22-21+/t38-/m1/s1. The third kappa shape index (κ3) is 36.3. The van der Waals surface area contributed by atoms with E-state index in [2.05, 4.69) is 38.2 Å². The minimum Gasteiger partial charge on any atom is -0.462 e. The molecule has 3 N–H and O–H groups in total. The minimum absolute atomic E-state index is 0.0510. The Balaban J connectivity index is 4.22. The Morgan fingerprint density at radius 1 is 0.580 bits per heavy atom. The van der Waals surface area contributed by atoms with Gasteiger partial charge in [0.15, 0.2) is 6.10 Å². The van der Waals surface area contributed by atoms with E-state index in [4.69, 9.17) is 24.3 Å². The molecule has 0 aromatic carbocycles. The molecule has 0 rings (SSSR count). The number of carbonyl (C=O) groups is 2. The fourth-order valence-corrected chi connectivity index (χ4v) is 6.27. The summed E-state index contributed by atoms with van der Waals surface area (Å²) >= 11 is 0. The van der Waals surface area contributed by atoms with Gasteiger partial charge in [-0.1, -0.05) is 134 Å². The molecule has 2 atom stereocenters. The van der Waals surface area contributed by atoms with Crippen molar-refractivity contribution in [2.45, 2.75) is 193 Å². The van der Waals surface area contributed by atoms with Crippen molar-refractivity contribution in [2.75, 3.05) is 26.4 Å². The van der Waals surface area contributed by atoms with E-state index in [0.717, 1.165) is 57.8 Å². The topological polar surface area (TPSA) is 134 Å². The van der Waals surface area contributed by atoms with Crippen LogP contribution in [-0.2, 0) is 32.7 Å². The van der Waals surface area contributed by atoms with Gasteiger partial charge < -0.3 is 20.1 Å². The number of allylic oxidation sites excluding steroid dienone is 4. The summed E-state index contributed by atoms with van der Waals surface area (Å²) < 4.78 is 32.7. The van der Waals surface area contributed by atoms with E-state index >= 15 is 0 Å². The summed E-state index contributed by atoms with van der Waals surface area (Å²) in [4.78, 5) is 34.7. The lowest BCUT2D eigenvalue weighted by molar-refractivity contribution is -0.161. The molecular formula is C40H76NO8P. The van der Waals surface area contributed by atoms with E-state index in [1.54, 1.807) is 0 Å². The SMILES string of the molecule is CCCCCCC/C=C/CCCCCCCC(=O)O[C@H](COC(=O)CCCCC/C=C/CCCCCCCCCC)COP(=O)(O)OCCN. The van der Waals surface area contributed by atoms with E-state index < -0.39 is 32.5 Å². The summed E-state index contributed by atoms with van der Waals surface area (Å²) in [6.45, 7) is 3.69. The van der Waals surface area contributed by atoms with E-state index in [1.807, 2.05) is 0 Å². The Bertz CT molecular complexity index is 881. The molecule has 9 nitrogen and oxygen atoms in total. The van der Waals surface area contributed by atoms with Crippen LogP contribution in [0.1, 0.15) is 187 Å². The maximum atomic E-state index is 12.5. The molecule has 0 fully saturated rings. The number of hydrogen-bond acceptors (Lipinski definition) is 8. The Kier molecular flexibility index (Phi) is 36.1. The van der Waals surface area contributed by atoms with Crippen LogP contribution in [0.4, 0.5) is 0 Å². The predicted octanol–water partition coefficient (Wildman–Crippen LogP) is 11.2. The van der Waals surface area contributed by atoms with Gasteiger partial charge >= 0.3 is 19.8 Å². The third-order valence-electron chi connectivity index (χ3n) is 8.56. The molecule has 0 aliphatic carbocycles. The van der Waals surface area contributed by atoms with Crippen LogP contribution < -0.4 is 5.73 Å². The van der Waals surface area contributed by atoms with Gasteiger partial charge in [0.05, 0.1) is 13.2 Å². The van der Waals surface area contributed by atoms with E-state index in [0.29, 0.717) is 12.8 Å². The average Bonchev–Trinajstić information content (AvgIpc) is 3.10. The second-order valence-electron chi connectivity index (χ2n) is 13.5. The lowest BCUT2D eigenvalue weighted by Gasteiger charge is -2.19. The zero-order valence-corrected chi connectivity index (χ0v) is 33.0. The molecule has 0 aromatic rings. The summed E-state index contributed by atoms with van der Waals surface area (Å²) in [6, 6.07) is 0. The molecule has 1 unspecified atom stereocenters. The van der Waals surface area contributed by atoms with Crippen LogP contribution in [0.2, 0.25) is 0 Å². The highest BCUT2D eigenvalue weighted by Gasteiger charge is 2.25. The first-order valence-corrected chi connectivity index (χ1v) is 21.8. The molecule has 0 aromatic heterocycles. The molecule has 0 saturated carbocycles. The first kappa shape index (κ1) is 48.5. The van der Waals surface area contributed by atoms with Gasteiger partial charge in [0.1, 0.15) is 6.61 Å². The van der Waals surface area contributed by atoms with E-state index in [-0.39, 0.29) is 32.6 Å². The monoisotopic (exact) mass is 730 g/mol. The van der Waals surface area contributed by atoms with E-state index in [1.165, 1.54) is 89.9 Å². The maximum absolute atomic E-state index is 12.5. The van der Waals surface area contributed by atoms with Crippen LogP contribution in [0.15, 0.2) is 24.3 Å². The smallest absolute Gasteiger partial charge is 0.462 e. The molecule has 10 heteroatoms. The summed E-state index contributed by atoms with van der Waals surface area (Å²) in [6.07, 6.45) is 37.8. The van der Waals surface area contributed by atoms with Crippen molar-refractivity contribution in [3.63, 3.8) is 0 Å². The molecule has 0 aliphatic rings. The Labute approximate surface area is 306 Å². The molecule has 50 heavy (non-hydrogen) atoms. The molecule has 0 amide bonds. The Morgan fingerprint density at radius 3 is 1.44 bits per heavy atom. The van der Waals surface area contributed by atoms with Crippen molar-refractivity contribution < 1.29 is 37.6 Å². The number of carbonyl (C=O) groups excluding carboxylic acids is 2. The fourth-order valence-electron chi connectivity index (χ4n) is 5.51. The van der Waals surface area contributed by atoms with Gasteiger partial charge in [-0.3, -0.25) is 18.6 Å². The molecule has 0 bridgehead atoms. The zero-order chi connectivity index (χ0) is 36.8. The fraction of sp³-hybridized carbons (Fsp3) is 0.850. The number of esters is 2. The number of nitrogens with two attached hydrogens (primary N) is 1. The minimum atomic E-state index is -4.37. The molecule has 0 aliphatic heterocycles. The third-order valence-corrected chi connectivity index (χ3v) is 9.54. The number of ether oxygens (including phenoxy) is 2. The van der Waals surface area contributed by atoms with Crippen molar-refractivity contribution in [1.29, 1.82) is 0 Å². The molecule has 0 spiro atoms. The zero-order valence-electron chi connectivity index (χ0n) is 32.1. The van der Waals surface area contributed by atoms with Crippen LogP contribution in [0, 0.1) is 0 Å². The highest BCUT2D eigenvalue weighted by atomic mass is 31.2. The van der Waals surface area contributed by atoms with Gasteiger partial charge in [-0.2, -0.15) is 0 Å². The van der Waals surface area contributed by atoms with Crippen molar-refractivity contribution in [2.24, 2.45) is 5.73 Å². The van der Waals surface area contributed by atoms with Crippen molar-refractivity contribution in [1.82, 2.24) is 0 Å². The molecule has 0 radical (unpaired) electrons. The van der Waals surface area contributed by atoms with Gasteiger partial charge in [0, 0.05) is 19.4 Å². The maximum Gasteiger partial charge on any atom is 0.472 e. The van der Waals surface area contributed by atoms with Crippen molar-refractivity contribution in [3.8, 4) is 0 Å². The quantitative estimate of drug-likeness (QED) is 0.0275. The summed E-state index contributed by atoms with van der Waals surface area (Å²) in [5.74, 6) is -0.854. The van der Waals surface area contributed by atoms with Crippen LogP contribution in [0.5, 0.6) is 0 Å². The molecule has 294 valence electrons. The number of phosphoric ester groups is 1. The number of hydrogen-bond donors (Lipinski definition) is 2. The highest BCUT2D eigenvalue weighted by Crippen LogP contribution is 2.43. The van der Waals surface area contributed by atoms with Gasteiger partial charge in [0.25, 0.3) is 0 Å². The lowest BCUT2D eigenvalue weighted by atomic mass is 10.1. The van der Waals surface area contributed by atoms with Gasteiger partial charge in [0.2, 0.25) is 0 Å². The Hall–Kier alpha value is -1.51. The number of phosphoric acid groups is 1. The summed E-state index contributed by atoms with van der Waals surface area (Å²) in [5.41, 5.74) is 5.33. The normalized spacial score (nSPS) is 13.6. The summed E-state index contributed by atoms with van der Waals surface area (Å²) in [5, 5.41) is 0. The average molecular weight is 730 g/mol. The first-order valence-electron chi connectivity index (χ1n) is 20.3. The van der Waals surface area contributed by atoms with Crippen LogP contribution in [0.3, 0.4) is 0 Å². The second kappa shape index (κ2) is 37.3. The van der Waals surface area contributed by atoms with Gasteiger partial charge in [-0.05, 0) is 64.2 Å². The summed E-state index contributed by atoms with van der Waals surface area (Å²) in [7, 11) is -4.37. The van der Waals surface area contributed by atoms with Crippen LogP contribution in [-0.4, -0.2) is 49.3 Å². The molecule has 0 saturated heterocycles. The van der Waals surface area contributed by atoms with Gasteiger partial charge in [-0.25, -0.2) is 4.57 Å². The van der Waals surface area contributed by atoms with Crippen molar-refractivity contribution >= 4 is 19.8 Å². The van der Waals surface area contributed by atoms with Crippen molar-refractivity contribution in [3.05, 3.63) is 24.3 Å². The first-order chi connectivity index (χ1) is 24.3. The highest BCUT2D eigenvalue weighted by molar-refractivity contribution is 7.47. The number of rotatable bonds is 38. The lowest BCUT2D eigenvalue weighted by Crippen LogP contribution is -2.29. The predicted molar refractivity (Wildman–Crippen MR) is 206 cm³/mol.